The van der Waals surface area contributed by atoms with E-state index in [2.05, 4.69) is 28.2 Å². The van der Waals surface area contributed by atoms with E-state index in [-0.39, 0.29) is 18.0 Å². The molecule has 0 aliphatic heterocycles. The molecule has 0 aromatic heterocycles. The van der Waals surface area contributed by atoms with Crippen LogP contribution in [0.2, 0.25) is 0 Å². The van der Waals surface area contributed by atoms with E-state index in [1.807, 2.05) is 31.2 Å². The zero-order valence-corrected chi connectivity index (χ0v) is 12.5. The van der Waals surface area contributed by atoms with E-state index in [9.17, 15) is 4.79 Å². The first-order valence-corrected chi connectivity index (χ1v) is 7.12. The number of halogens is 1. The molecule has 0 aliphatic carbocycles. The second-order valence-corrected chi connectivity index (χ2v) is 5.51. The van der Waals surface area contributed by atoms with Crippen LogP contribution < -0.4 is 11.1 Å². The van der Waals surface area contributed by atoms with Crippen LogP contribution in [0.25, 0.3) is 0 Å². The van der Waals surface area contributed by atoms with E-state index in [1.54, 1.807) is 0 Å². The summed E-state index contributed by atoms with van der Waals surface area (Å²) >= 11 is 3.39. The molecule has 2 atom stereocenters. The Balaban J connectivity index is 2.46. The molecule has 0 bridgehead atoms. The first-order chi connectivity index (χ1) is 8.52. The third kappa shape index (κ3) is 5.19. The zero-order chi connectivity index (χ0) is 13.5. The summed E-state index contributed by atoms with van der Waals surface area (Å²) in [5, 5.41) is 2.97. The summed E-state index contributed by atoms with van der Waals surface area (Å²) in [6, 6.07) is 7.93. The van der Waals surface area contributed by atoms with Gasteiger partial charge in [0.1, 0.15) is 0 Å². The number of rotatable bonds is 6. The molecule has 18 heavy (non-hydrogen) atoms. The van der Waals surface area contributed by atoms with Gasteiger partial charge in [0.15, 0.2) is 0 Å². The average Bonchev–Trinajstić information content (AvgIpc) is 2.29. The van der Waals surface area contributed by atoms with Crippen LogP contribution in [0.4, 0.5) is 0 Å². The molecule has 0 saturated heterocycles. The van der Waals surface area contributed by atoms with Crippen molar-refractivity contribution in [2.75, 3.05) is 0 Å². The van der Waals surface area contributed by atoms with Gasteiger partial charge in [0, 0.05) is 16.9 Å². The van der Waals surface area contributed by atoms with E-state index < -0.39 is 0 Å². The van der Waals surface area contributed by atoms with Crippen LogP contribution in [0.1, 0.15) is 44.7 Å². The third-order valence-electron chi connectivity index (χ3n) is 2.85. The maximum absolute atomic E-state index is 11.8. The number of hydrogen-bond donors (Lipinski definition) is 2. The highest BCUT2D eigenvalue weighted by Gasteiger charge is 2.12. The minimum absolute atomic E-state index is 0.0134. The van der Waals surface area contributed by atoms with Crippen LogP contribution in [0.5, 0.6) is 0 Å². The van der Waals surface area contributed by atoms with Crippen molar-refractivity contribution in [3.05, 3.63) is 34.3 Å². The molecule has 0 aliphatic rings. The van der Waals surface area contributed by atoms with Gasteiger partial charge in [0.2, 0.25) is 5.91 Å². The Kier molecular flexibility index (Phi) is 6.36. The predicted octanol–water partition coefficient (Wildman–Crippen LogP) is 3.14. The molecule has 3 nitrogen and oxygen atoms in total. The van der Waals surface area contributed by atoms with Crippen molar-refractivity contribution < 1.29 is 4.79 Å². The molecule has 0 heterocycles. The molecular weight excluding hydrogens is 292 g/mol. The Morgan fingerprint density at radius 1 is 1.39 bits per heavy atom. The summed E-state index contributed by atoms with van der Waals surface area (Å²) in [5.41, 5.74) is 6.95. The number of carbonyl (C=O) groups is 1. The molecule has 1 aromatic rings. The number of benzene rings is 1. The molecule has 0 saturated carbocycles. The highest BCUT2D eigenvalue weighted by molar-refractivity contribution is 9.10. The third-order valence-corrected chi connectivity index (χ3v) is 3.38. The smallest absolute Gasteiger partial charge is 0.222 e. The number of hydrogen-bond acceptors (Lipinski definition) is 2. The topological polar surface area (TPSA) is 55.1 Å². The van der Waals surface area contributed by atoms with Crippen molar-refractivity contribution >= 4 is 21.8 Å². The van der Waals surface area contributed by atoms with Gasteiger partial charge in [0.05, 0.1) is 6.04 Å². The van der Waals surface area contributed by atoms with E-state index in [0.717, 1.165) is 22.9 Å². The fraction of sp³-hybridized carbons (Fsp3) is 0.500. The largest absolute Gasteiger partial charge is 0.350 e. The molecule has 1 rings (SSSR count). The van der Waals surface area contributed by atoms with Crippen molar-refractivity contribution in [3.8, 4) is 0 Å². The van der Waals surface area contributed by atoms with Gasteiger partial charge >= 0.3 is 0 Å². The Morgan fingerprint density at radius 2 is 2.00 bits per heavy atom. The highest BCUT2D eigenvalue weighted by atomic mass is 79.9. The monoisotopic (exact) mass is 312 g/mol. The number of amides is 1. The lowest BCUT2D eigenvalue weighted by atomic mass is 10.1. The summed E-state index contributed by atoms with van der Waals surface area (Å²) in [7, 11) is 0. The van der Waals surface area contributed by atoms with Crippen molar-refractivity contribution in [1.29, 1.82) is 0 Å². The lowest BCUT2D eigenvalue weighted by molar-refractivity contribution is -0.122. The Hall–Kier alpha value is -0.870. The Morgan fingerprint density at radius 3 is 2.56 bits per heavy atom. The quantitative estimate of drug-likeness (QED) is 0.847. The maximum Gasteiger partial charge on any atom is 0.222 e. The minimum Gasteiger partial charge on any atom is -0.350 e. The summed E-state index contributed by atoms with van der Waals surface area (Å²) in [4.78, 5) is 11.8. The summed E-state index contributed by atoms with van der Waals surface area (Å²) < 4.78 is 1.04. The normalized spacial score (nSPS) is 14.0. The molecular formula is C14H21BrN2O. The van der Waals surface area contributed by atoms with E-state index in [0.29, 0.717) is 6.42 Å². The van der Waals surface area contributed by atoms with Gasteiger partial charge in [-0.25, -0.2) is 0 Å². The van der Waals surface area contributed by atoms with Gasteiger partial charge in [-0.3, -0.25) is 4.79 Å². The molecule has 0 fully saturated rings. The zero-order valence-electron chi connectivity index (χ0n) is 10.9. The van der Waals surface area contributed by atoms with Crippen LogP contribution in [0.3, 0.4) is 0 Å². The van der Waals surface area contributed by atoms with Crippen molar-refractivity contribution in [3.63, 3.8) is 0 Å². The lowest BCUT2D eigenvalue weighted by Crippen LogP contribution is -2.33. The van der Waals surface area contributed by atoms with Crippen LogP contribution in [-0.2, 0) is 4.79 Å². The average molecular weight is 313 g/mol. The van der Waals surface area contributed by atoms with Gasteiger partial charge in [-0.1, -0.05) is 41.4 Å². The lowest BCUT2D eigenvalue weighted by Gasteiger charge is -2.16. The Labute approximate surface area is 117 Å². The Bertz CT molecular complexity index is 378. The minimum atomic E-state index is -0.0351. The molecule has 3 N–H and O–H groups in total. The molecule has 2 unspecified atom stereocenters. The maximum atomic E-state index is 11.8. The van der Waals surface area contributed by atoms with Crippen LogP contribution in [-0.4, -0.2) is 11.9 Å². The SMILES string of the molecule is CCCC(N)CC(=O)NC(C)c1ccc(Br)cc1. The molecule has 1 amide bonds. The number of nitrogens with one attached hydrogen (secondary N) is 1. The van der Waals surface area contributed by atoms with Gasteiger partial charge in [-0.15, -0.1) is 0 Å². The summed E-state index contributed by atoms with van der Waals surface area (Å²) in [6.07, 6.45) is 2.30. The van der Waals surface area contributed by atoms with Gasteiger partial charge < -0.3 is 11.1 Å². The van der Waals surface area contributed by atoms with Gasteiger partial charge in [-0.05, 0) is 31.0 Å². The molecule has 4 heteroatoms. The van der Waals surface area contributed by atoms with Crippen LogP contribution in [0.15, 0.2) is 28.7 Å². The summed E-state index contributed by atoms with van der Waals surface area (Å²) in [6.45, 7) is 4.05. The second-order valence-electron chi connectivity index (χ2n) is 4.59. The first kappa shape index (κ1) is 15.2. The van der Waals surface area contributed by atoms with Crippen molar-refractivity contribution in [2.24, 2.45) is 5.73 Å². The van der Waals surface area contributed by atoms with Crippen molar-refractivity contribution in [1.82, 2.24) is 5.32 Å². The van der Waals surface area contributed by atoms with Gasteiger partial charge in [-0.2, -0.15) is 0 Å². The van der Waals surface area contributed by atoms with Gasteiger partial charge in [0.25, 0.3) is 0 Å². The number of carbonyl (C=O) groups excluding carboxylic acids is 1. The van der Waals surface area contributed by atoms with Crippen LogP contribution >= 0.6 is 15.9 Å². The van der Waals surface area contributed by atoms with E-state index >= 15 is 0 Å². The molecule has 100 valence electrons. The van der Waals surface area contributed by atoms with E-state index in [1.165, 1.54) is 0 Å². The van der Waals surface area contributed by atoms with E-state index in [4.69, 9.17) is 5.73 Å². The predicted molar refractivity (Wildman–Crippen MR) is 78.2 cm³/mol. The van der Waals surface area contributed by atoms with Crippen LogP contribution in [0, 0.1) is 0 Å². The molecule has 1 aromatic carbocycles. The fourth-order valence-corrected chi connectivity index (χ4v) is 2.11. The molecule has 0 spiro atoms. The first-order valence-electron chi connectivity index (χ1n) is 6.33. The molecule has 0 radical (unpaired) electrons. The standard InChI is InChI=1S/C14H21BrN2O/c1-3-4-13(16)9-14(18)17-10(2)11-5-7-12(15)8-6-11/h5-8,10,13H,3-4,9,16H2,1-2H3,(H,17,18). The summed E-state index contributed by atoms with van der Waals surface area (Å²) in [5.74, 6) is 0.0198. The highest BCUT2D eigenvalue weighted by Crippen LogP contribution is 2.16. The fourth-order valence-electron chi connectivity index (χ4n) is 1.85. The number of nitrogens with two attached hydrogens (primary N) is 1. The second kappa shape index (κ2) is 7.54. The van der Waals surface area contributed by atoms with Crippen molar-refractivity contribution in [2.45, 2.75) is 45.2 Å².